The van der Waals surface area contributed by atoms with Gasteiger partial charge in [0.2, 0.25) is 5.91 Å². The van der Waals surface area contributed by atoms with Gasteiger partial charge < -0.3 is 14.7 Å². The molecule has 0 aliphatic carbocycles. The van der Waals surface area contributed by atoms with E-state index in [0.717, 1.165) is 19.4 Å². The molecule has 2 rings (SSSR count). The average molecular weight is 239 g/mol. The van der Waals surface area contributed by atoms with Crippen LogP contribution in [-0.4, -0.2) is 47.3 Å². The van der Waals surface area contributed by atoms with Gasteiger partial charge in [-0.15, -0.1) is 0 Å². The molecule has 1 N–H and O–H groups in total. The summed E-state index contributed by atoms with van der Waals surface area (Å²) in [6, 6.07) is 0.0933. The molecule has 0 aromatic heterocycles. The van der Waals surface area contributed by atoms with Crippen LogP contribution in [0.1, 0.15) is 26.2 Å². The van der Waals surface area contributed by atoms with E-state index in [1.165, 1.54) is 6.08 Å². The fraction of sp³-hybridized carbons (Fsp3) is 0.769. The maximum atomic E-state index is 11.8. The molecule has 0 aromatic rings. The van der Waals surface area contributed by atoms with E-state index < -0.39 is 5.60 Å². The largest absolute Gasteiger partial charge is 0.390 e. The molecular weight excluding hydrogens is 218 g/mol. The lowest BCUT2D eigenvalue weighted by Gasteiger charge is -2.43. The first-order valence-corrected chi connectivity index (χ1v) is 6.29. The Bertz CT molecular complexity index is 314. The maximum absolute atomic E-state index is 11.8. The van der Waals surface area contributed by atoms with Gasteiger partial charge >= 0.3 is 0 Å². The van der Waals surface area contributed by atoms with E-state index in [4.69, 9.17) is 4.74 Å². The van der Waals surface area contributed by atoms with E-state index in [1.54, 1.807) is 0 Å². The standard InChI is InChI=1S/C13H21NO3/c1-3-12(15)14-7-4-5-11(14)10-9-17-8-6-13(10,2)16/h3,10-11,16H,1,4-9H2,2H3/t10-,11-,13+/m1/s1. The molecule has 96 valence electrons. The first kappa shape index (κ1) is 12.6. The molecule has 17 heavy (non-hydrogen) atoms. The Kier molecular flexibility index (Phi) is 3.54. The molecule has 2 heterocycles. The van der Waals surface area contributed by atoms with E-state index in [-0.39, 0.29) is 17.9 Å². The van der Waals surface area contributed by atoms with Crippen molar-refractivity contribution in [2.24, 2.45) is 5.92 Å². The maximum Gasteiger partial charge on any atom is 0.246 e. The molecule has 2 aliphatic heterocycles. The van der Waals surface area contributed by atoms with Crippen LogP contribution in [0.2, 0.25) is 0 Å². The van der Waals surface area contributed by atoms with E-state index in [9.17, 15) is 9.90 Å². The Labute approximate surface area is 102 Å². The summed E-state index contributed by atoms with van der Waals surface area (Å²) in [6.07, 6.45) is 3.95. The van der Waals surface area contributed by atoms with E-state index in [1.807, 2.05) is 11.8 Å². The van der Waals surface area contributed by atoms with Crippen LogP contribution in [0.5, 0.6) is 0 Å². The van der Waals surface area contributed by atoms with Gasteiger partial charge in [-0.1, -0.05) is 6.58 Å². The number of likely N-dealkylation sites (tertiary alicyclic amines) is 1. The Balaban J connectivity index is 2.14. The molecule has 0 bridgehead atoms. The third-order valence-electron chi connectivity index (χ3n) is 4.07. The molecule has 4 heteroatoms. The van der Waals surface area contributed by atoms with Gasteiger partial charge in [-0.25, -0.2) is 0 Å². The van der Waals surface area contributed by atoms with Crippen molar-refractivity contribution in [1.29, 1.82) is 0 Å². The fourth-order valence-electron chi connectivity index (χ4n) is 2.98. The normalized spacial score (nSPS) is 38.1. The van der Waals surface area contributed by atoms with Crippen LogP contribution in [0.4, 0.5) is 0 Å². The van der Waals surface area contributed by atoms with Gasteiger partial charge in [0.25, 0.3) is 0 Å². The van der Waals surface area contributed by atoms with Crippen molar-refractivity contribution in [3.63, 3.8) is 0 Å². The molecule has 1 amide bonds. The Morgan fingerprint density at radius 3 is 3.06 bits per heavy atom. The summed E-state index contributed by atoms with van der Waals surface area (Å²) in [7, 11) is 0. The van der Waals surface area contributed by atoms with Crippen molar-refractivity contribution in [1.82, 2.24) is 4.90 Å². The second-order valence-corrected chi connectivity index (χ2v) is 5.23. The summed E-state index contributed by atoms with van der Waals surface area (Å²) in [5.41, 5.74) is -0.729. The van der Waals surface area contributed by atoms with Crippen LogP contribution < -0.4 is 0 Å². The van der Waals surface area contributed by atoms with Gasteiger partial charge in [-0.05, 0) is 32.3 Å². The number of amides is 1. The zero-order chi connectivity index (χ0) is 12.5. The van der Waals surface area contributed by atoms with Crippen LogP contribution in [0.3, 0.4) is 0 Å². The Morgan fingerprint density at radius 2 is 2.41 bits per heavy atom. The van der Waals surface area contributed by atoms with Crippen LogP contribution in [0.15, 0.2) is 12.7 Å². The molecule has 4 nitrogen and oxygen atoms in total. The van der Waals surface area contributed by atoms with Gasteiger partial charge in [-0.2, -0.15) is 0 Å². The summed E-state index contributed by atoms with van der Waals surface area (Å²) < 4.78 is 5.47. The first-order chi connectivity index (χ1) is 8.06. The van der Waals surface area contributed by atoms with E-state index in [2.05, 4.69) is 6.58 Å². The number of hydrogen-bond donors (Lipinski definition) is 1. The minimum absolute atomic E-state index is 0.0163. The topological polar surface area (TPSA) is 49.8 Å². The highest BCUT2D eigenvalue weighted by atomic mass is 16.5. The lowest BCUT2D eigenvalue weighted by atomic mass is 9.79. The summed E-state index contributed by atoms with van der Waals surface area (Å²) >= 11 is 0. The van der Waals surface area contributed by atoms with Crippen LogP contribution in [0.25, 0.3) is 0 Å². The van der Waals surface area contributed by atoms with Gasteiger partial charge in [0.15, 0.2) is 0 Å². The predicted octanol–water partition coefficient (Wildman–Crippen LogP) is 0.951. The van der Waals surface area contributed by atoms with E-state index >= 15 is 0 Å². The van der Waals surface area contributed by atoms with Crippen LogP contribution in [0, 0.1) is 5.92 Å². The molecule has 2 saturated heterocycles. The minimum atomic E-state index is -0.729. The molecule has 0 unspecified atom stereocenters. The summed E-state index contributed by atoms with van der Waals surface area (Å²) in [5, 5.41) is 10.4. The number of carbonyl (C=O) groups is 1. The van der Waals surface area contributed by atoms with Crippen LogP contribution in [-0.2, 0) is 9.53 Å². The summed E-state index contributed by atoms with van der Waals surface area (Å²) in [5.74, 6) is -0.0171. The van der Waals surface area contributed by atoms with Crippen molar-refractivity contribution in [3.8, 4) is 0 Å². The highest BCUT2D eigenvalue weighted by Crippen LogP contribution is 2.35. The number of ether oxygens (including phenoxy) is 1. The lowest BCUT2D eigenvalue weighted by Crippen LogP contribution is -2.53. The molecule has 0 aromatic carbocycles. The fourth-order valence-corrected chi connectivity index (χ4v) is 2.98. The van der Waals surface area contributed by atoms with Crippen molar-refractivity contribution in [2.75, 3.05) is 19.8 Å². The summed E-state index contributed by atoms with van der Waals surface area (Å²) in [4.78, 5) is 13.6. The predicted molar refractivity (Wildman–Crippen MR) is 64.5 cm³/mol. The molecule has 3 atom stereocenters. The van der Waals surface area contributed by atoms with Gasteiger partial charge in [-0.3, -0.25) is 4.79 Å². The molecular formula is C13H21NO3. The average Bonchev–Trinajstić information content (AvgIpc) is 2.76. The van der Waals surface area contributed by atoms with Crippen LogP contribution >= 0.6 is 0 Å². The Morgan fingerprint density at radius 1 is 1.65 bits per heavy atom. The third-order valence-corrected chi connectivity index (χ3v) is 4.07. The van der Waals surface area contributed by atoms with Crippen molar-refractivity contribution < 1.29 is 14.6 Å². The second-order valence-electron chi connectivity index (χ2n) is 5.23. The number of carbonyl (C=O) groups excluding carboxylic acids is 1. The first-order valence-electron chi connectivity index (χ1n) is 6.29. The second kappa shape index (κ2) is 4.78. The molecule has 0 saturated carbocycles. The number of nitrogens with zero attached hydrogens (tertiary/aromatic N) is 1. The summed E-state index contributed by atoms with van der Waals surface area (Å²) in [6.45, 7) is 7.30. The minimum Gasteiger partial charge on any atom is -0.390 e. The van der Waals surface area contributed by atoms with Crippen molar-refractivity contribution in [2.45, 2.75) is 37.8 Å². The van der Waals surface area contributed by atoms with E-state index in [0.29, 0.717) is 19.6 Å². The number of rotatable bonds is 2. The smallest absolute Gasteiger partial charge is 0.246 e. The molecule has 0 radical (unpaired) electrons. The van der Waals surface area contributed by atoms with Crippen molar-refractivity contribution in [3.05, 3.63) is 12.7 Å². The van der Waals surface area contributed by atoms with Crippen molar-refractivity contribution >= 4 is 5.91 Å². The van der Waals surface area contributed by atoms with Gasteiger partial charge in [0.1, 0.15) is 0 Å². The van der Waals surface area contributed by atoms with Gasteiger partial charge in [0, 0.05) is 25.1 Å². The highest BCUT2D eigenvalue weighted by Gasteiger charge is 2.44. The van der Waals surface area contributed by atoms with Gasteiger partial charge in [0.05, 0.1) is 12.2 Å². The Hall–Kier alpha value is -0.870. The SMILES string of the molecule is C=CC(=O)N1CCC[C@@H]1[C@H]1COCC[C@]1(C)O. The highest BCUT2D eigenvalue weighted by molar-refractivity contribution is 5.87. The molecule has 0 spiro atoms. The third kappa shape index (κ3) is 2.38. The number of aliphatic hydroxyl groups is 1. The number of hydrogen-bond acceptors (Lipinski definition) is 3. The molecule has 2 aliphatic rings. The quantitative estimate of drug-likeness (QED) is 0.730. The lowest BCUT2D eigenvalue weighted by molar-refractivity contribution is -0.141. The zero-order valence-corrected chi connectivity index (χ0v) is 10.4. The monoisotopic (exact) mass is 239 g/mol. The molecule has 2 fully saturated rings. The zero-order valence-electron chi connectivity index (χ0n) is 10.4.